The lowest BCUT2D eigenvalue weighted by Crippen LogP contribution is -2.42. The number of hydrogen-bond acceptors (Lipinski definition) is 3. The zero-order chi connectivity index (χ0) is 17.5. The van der Waals surface area contributed by atoms with Gasteiger partial charge in [0.25, 0.3) is 0 Å². The number of nitrogens with one attached hydrogen (secondary N) is 2. The lowest BCUT2D eigenvalue weighted by Gasteiger charge is -2.26. The van der Waals surface area contributed by atoms with Crippen molar-refractivity contribution in [2.45, 2.75) is 71.8 Å². The molecule has 1 rings (SSSR count). The van der Waals surface area contributed by atoms with E-state index in [1.165, 1.54) is 45.1 Å². The predicted molar refractivity (Wildman–Crippen MR) is 119 cm³/mol. The molecule has 150 valence electrons. The molecule has 1 atom stereocenters. The highest BCUT2D eigenvalue weighted by Crippen LogP contribution is 2.05. The highest BCUT2D eigenvalue weighted by atomic mass is 127. The van der Waals surface area contributed by atoms with Crippen molar-refractivity contribution >= 4 is 29.9 Å². The van der Waals surface area contributed by atoms with E-state index >= 15 is 0 Å². The summed E-state index contributed by atoms with van der Waals surface area (Å²) in [7, 11) is 0. The molecule has 1 aliphatic rings. The Morgan fingerprint density at radius 3 is 2.52 bits per heavy atom. The molecule has 1 heterocycles. The molecule has 1 saturated heterocycles. The molecular weight excluding hydrogens is 427 g/mol. The van der Waals surface area contributed by atoms with Crippen LogP contribution in [0.5, 0.6) is 0 Å². The lowest BCUT2D eigenvalue weighted by molar-refractivity contribution is 0.0373. The Morgan fingerprint density at radius 2 is 1.84 bits per heavy atom. The second-order valence-corrected chi connectivity index (χ2v) is 6.82. The molecule has 0 bridgehead atoms. The maximum absolute atomic E-state index is 5.38. The predicted octanol–water partition coefficient (Wildman–Crippen LogP) is 3.63. The number of aliphatic imine (C=N–C) groups is 1. The Hall–Kier alpha value is -0.0800. The van der Waals surface area contributed by atoms with Crippen molar-refractivity contribution in [2.75, 3.05) is 45.9 Å². The summed E-state index contributed by atoms with van der Waals surface area (Å²) in [6, 6.07) is 0.494. The molecule has 1 unspecified atom stereocenters. The molecule has 0 radical (unpaired) electrons. The Kier molecular flexibility index (Phi) is 17.3. The second-order valence-electron chi connectivity index (χ2n) is 6.82. The van der Waals surface area contributed by atoms with Gasteiger partial charge in [-0.25, -0.2) is 0 Å². The topological polar surface area (TPSA) is 48.9 Å². The minimum Gasteiger partial charge on any atom is -0.379 e. The van der Waals surface area contributed by atoms with Crippen LogP contribution < -0.4 is 10.6 Å². The summed E-state index contributed by atoms with van der Waals surface area (Å²) in [6.45, 7) is 13.6. The quantitative estimate of drug-likeness (QED) is 0.199. The largest absolute Gasteiger partial charge is 0.379 e. The van der Waals surface area contributed by atoms with Crippen molar-refractivity contribution in [2.24, 2.45) is 4.99 Å². The van der Waals surface area contributed by atoms with Crippen LogP contribution in [0.4, 0.5) is 0 Å². The molecule has 6 heteroatoms. The molecular formula is C19H41IN4O. The van der Waals surface area contributed by atoms with Crippen molar-refractivity contribution in [3.63, 3.8) is 0 Å². The summed E-state index contributed by atoms with van der Waals surface area (Å²) in [4.78, 5) is 7.23. The van der Waals surface area contributed by atoms with Crippen molar-refractivity contribution in [3.05, 3.63) is 0 Å². The Morgan fingerprint density at radius 1 is 1.08 bits per heavy atom. The van der Waals surface area contributed by atoms with Gasteiger partial charge in [-0.2, -0.15) is 0 Å². The van der Waals surface area contributed by atoms with Gasteiger partial charge in [0.15, 0.2) is 5.96 Å². The van der Waals surface area contributed by atoms with Crippen molar-refractivity contribution in [3.8, 4) is 0 Å². The molecule has 0 aromatic heterocycles. The van der Waals surface area contributed by atoms with E-state index in [1.807, 2.05) is 0 Å². The van der Waals surface area contributed by atoms with Gasteiger partial charge in [0.1, 0.15) is 0 Å². The second kappa shape index (κ2) is 17.3. The molecule has 0 aromatic carbocycles. The Labute approximate surface area is 172 Å². The third-order valence-electron chi connectivity index (χ3n) is 4.47. The molecule has 1 fully saturated rings. The summed E-state index contributed by atoms with van der Waals surface area (Å²) in [5.41, 5.74) is 0. The van der Waals surface area contributed by atoms with Gasteiger partial charge in [-0.1, -0.05) is 32.6 Å². The molecule has 0 spiro atoms. The zero-order valence-electron chi connectivity index (χ0n) is 16.7. The van der Waals surface area contributed by atoms with Crippen LogP contribution in [0.3, 0.4) is 0 Å². The van der Waals surface area contributed by atoms with Crippen LogP contribution in [-0.2, 0) is 4.74 Å². The summed E-state index contributed by atoms with van der Waals surface area (Å²) in [5.74, 6) is 0.979. The normalized spacial score (nSPS) is 17.0. The van der Waals surface area contributed by atoms with Gasteiger partial charge in [0, 0.05) is 32.2 Å². The summed E-state index contributed by atoms with van der Waals surface area (Å²) in [5, 5.41) is 6.91. The molecule has 0 aliphatic carbocycles. The maximum Gasteiger partial charge on any atom is 0.191 e. The van der Waals surface area contributed by atoms with Crippen molar-refractivity contribution < 1.29 is 4.74 Å². The maximum atomic E-state index is 5.38. The number of halogens is 1. The molecule has 0 amide bonds. The van der Waals surface area contributed by atoms with Gasteiger partial charge in [-0.15, -0.1) is 24.0 Å². The van der Waals surface area contributed by atoms with Crippen LogP contribution in [-0.4, -0.2) is 62.8 Å². The van der Waals surface area contributed by atoms with E-state index in [1.54, 1.807) is 0 Å². The van der Waals surface area contributed by atoms with Gasteiger partial charge in [-0.3, -0.25) is 9.89 Å². The third-order valence-corrected chi connectivity index (χ3v) is 4.47. The van der Waals surface area contributed by atoms with E-state index in [-0.39, 0.29) is 24.0 Å². The minimum atomic E-state index is 0. The van der Waals surface area contributed by atoms with E-state index in [0.29, 0.717) is 6.04 Å². The molecule has 2 N–H and O–H groups in total. The molecule has 1 aliphatic heterocycles. The van der Waals surface area contributed by atoms with Crippen LogP contribution in [0.25, 0.3) is 0 Å². The summed E-state index contributed by atoms with van der Waals surface area (Å²) < 4.78 is 5.38. The first-order valence-electron chi connectivity index (χ1n) is 10.1. The van der Waals surface area contributed by atoms with E-state index < -0.39 is 0 Å². The standard InChI is InChI=1S/C19H40N4O.HI/c1-4-6-7-8-11-18(3)22-19(20-5-2)21-12-9-10-13-23-14-16-24-17-15-23;/h18H,4-17H2,1-3H3,(H2,20,21,22);1H. The smallest absolute Gasteiger partial charge is 0.191 e. The van der Waals surface area contributed by atoms with Gasteiger partial charge >= 0.3 is 0 Å². The van der Waals surface area contributed by atoms with Gasteiger partial charge in [0.2, 0.25) is 0 Å². The van der Waals surface area contributed by atoms with Crippen LogP contribution >= 0.6 is 24.0 Å². The van der Waals surface area contributed by atoms with E-state index in [2.05, 4.69) is 36.3 Å². The van der Waals surface area contributed by atoms with Gasteiger partial charge in [0.05, 0.1) is 13.2 Å². The summed E-state index contributed by atoms with van der Waals surface area (Å²) in [6.07, 6.45) is 8.90. The SMILES string of the molecule is CCCCCCC(C)NC(=NCCCCN1CCOCC1)NCC.I. The van der Waals surface area contributed by atoms with Crippen LogP contribution in [0.15, 0.2) is 4.99 Å². The first kappa shape index (κ1) is 24.9. The zero-order valence-corrected chi connectivity index (χ0v) is 19.0. The number of ether oxygens (including phenoxy) is 1. The lowest BCUT2D eigenvalue weighted by atomic mass is 10.1. The van der Waals surface area contributed by atoms with E-state index in [9.17, 15) is 0 Å². The molecule has 0 aromatic rings. The number of rotatable bonds is 12. The van der Waals surface area contributed by atoms with E-state index in [4.69, 9.17) is 9.73 Å². The first-order chi connectivity index (χ1) is 11.8. The molecule has 5 nitrogen and oxygen atoms in total. The first-order valence-corrected chi connectivity index (χ1v) is 10.1. The van der Waals surface area contributed by atoms with Crippen molar-refractivity contribution in [1.82, 2.24) is 15.5 Å². The fourth-order valence-electron chi connectivity index (χ4n) is 2.97. The number of hydrogen-bond donors (Lipinski definition) is 2. The fourth-order valence-corrected chi connectivity index (χ4v) is 2.97. The van der Waals surface area contributed by atoms with Gasteiger partial charge < -0.3 is 15.4 Å². The number of morpholine rings is 1. The van der Waals surface area contributed by atoms with E-state index in [0.717, 1.165) is 51.8 Å². The Bertz CT molecular complexity index is 323. The highest BCUT2D eigenvalue weighted by molar-refractivity contribution is 14.0. The Balaban J connectivity index is 0.00000576. The van der Waals surface area contributed by atoms with Crippen LogP contribution in [0.2, 0.25) is 0 Å². The van der Waals surface area contributed by atoms with Gasteiger partial charge in [-0.05, 0) is 39.7 Å². The number of unbranched alkanes of at least 4 members (excludes halogenated alkanes) is 4. The molecule has 25 heavy (non-hydrogen) atoms. The average Bonchev–Trinajstić information content (AvgIpc) is 2.59. The summed E-state index contributed by atoms with van der Waals surface area (Å²) >= 11 is 0. The average molecular weight is 468 g/mol. The van der Waals surface area contributed by atoms with Crippen molar-refractivity contribution in [1.29, 1.82) is 0 Å². The highest BCUT2D eigenvalue weighted by Gasteiger charge is 2.09. The monoisotopic (exact) mass is 468 g/mol. The number of guanidine groups is 1. The van der Waals surface area contributed by atoms with Crippen LogP contribution in [0, 0.1) is 0 Å². The fraction of sp³-hybridized carbons (Fsp3) is 0.947. The third kappa shape index (κ3) is 13.7. The molecule has 0 saturated carbocycles. The minimum absolute atomic E-state index is 0. The van der Waals surface area contributed by atoms with Crippen LogP contribution in [0.1, 0.15) is 65.7 Å². The number of nitrogens with zero attached hydrogens (tertiary/aromatic N) is 2.